The molecule has 0 saturated heterocycles. The molecule has 1 aromatic carbocycles. The van der Waals surface area contributed by atoms with Crippen LogP contribution < -0.4 is 15.4 Å². The van der Waals surface area contributed by atoms with Crippen molar-refractivity contribution in [3.63, 3.8) is 0 Å². The highest BCUT2D eigenvalue weighted by Gasteiger charge is 2.19. The van der Waals surface area contributed by atoms with Gasteiger partial charge < -0.3 is 20.1 Å². The van der Waals surface area contributed by atoms with Gasteiger partial charge in [0.25, 0.3) is 0 Å². The summed E-state index contributed by atoms with van der Waals surface area (Å²) in [4.78, 5) is 12.3. The van der Waals surface area contributed by atoms with Crippen molar-refractivity contribution in [1.82, 2.24) is 20.4 Å². The van der Waals surface area contributed by atoms with Crippen LogP contribution >= 0.6 is 12.4 Å². The van der Waals surface area contributed by atoms with Gasteiger partial charge in [0.15, 0.2) is 0 Å². The fourth-order valence-electron chi connectivity index (χ4n) is 2.28. The first kappa shape index (κ1) is 21.0. The molecule has 1 aromatic heterocycles. The van der Waals surface area contributed by atoms with E-state index >= 15 is 0 Å². The van der Waals surface area contributed by atoms with Crippen molar-refractivity contribution < 1.29 is 14.3 Å². The van der Waals surface area contributed by atoms with Crippen molar-refractivity contribution in [2.45, 2.75) is 12.6 Å². The molecule has 7 nitrogen and oxygen atoms in total. The van der Waals surface area contributed by atoms with Gasteiger partial charge in [0.2, 0.25) is 5.91 Å². The summed E-state index contributed by atoms with van der Waals surface area (Å²) in [5.41, 5.74) is 1.84. The molecule has 0 spiro atoms. The lowest BCUT2D eigenvalue weighted by atomic mass is 10.1. The van der Waals surface area contributed by atoms with Crippen LogP contribution in [0.15, 0.2) is 36.7 Å². The Morgan fingerprint density at radius 3 is 2.56 bits per heavy atom. The lowest BCUT2D eigenvalue weighted by Crippen LogP contribution is -2.35. The number of hydrogen-bond acceptors (Lipinski definition) is 5. The molecule has 0 aliphatic rings. The van der Waals surface area contributed by atoms with Crippen LogP contribution in [-0.2, 0) is 23.1 Å². The zero-order valence-corrected chi connectivity index (χ0v) is 15.5. The molecule has 0 saturated carbocycles. The minimum atomic E-state index is -0.421. The van der Waals surface area contributed by atoms with Crippen LogP contribution in [0.3, 0.4) is 0 Å². The minimum Gasteiger partial charge on any atom is -0.491 e. The first-order valence-electron chi connectivity index (χ1n) is 7.78. The Morgan fingerprint density at radius 2 is 2.00 bits per heavy atom. The standard InChI is InChI=1S/C17H24N4O3.ClH/c1-18-16(14-11-20-21(2)12-14)17(22)19-10-13-4-6-15(7-5-13)24-9-8-23-3;/h4-7,11-12,16,18H,8-10H2,1-3H3,(H,19,22);1H. The van der Waals surface area contributed by atoms with E-state index in [0.29, 0.717) is 19.8 Å². The van der Waals surface area contributed by atoms with Crippen molar-refractivity contribution in [2.75, 3.05) is 27.4 Å². The van der Waals surface area contributed by atoms with Gasteiger partial charge in [-0.1, -0.05) is 12.1 Å². The summed E-state index contributed by atoms with van der Waals surface area (Å²) in [5, 5.41) is 10.0. The number of ether oxygens (including phenoxy) is 2. The molecule has 0 aliphatic heterocycles. The van der Waals surface area contributed by atoms with Crippen LogP contribution in [0.5, 0.6) is 5.75 Å². The molecule has 0 radical (unpaired) electrons. The van der Waals surface area contributed by atoms with Gasteiger partial charge in [0, 0.05) is 32.5 Å². The summed E-state index contributed by atoms with van der Waals surface area (Å²) >= 11 is 0. The topological polar surface area (TPSA) is 77.4 Å². The Hall–Kier alpha value is -2.09. The van der Waals surface area contributed by atoms with Crippen LogP contribution in [0.1, 0.15) is 17.2 Å². The first-order chi connectivity index (χ1) is 11.6. The largest absolute Gasteiger partial charge is 0.491 e. The zero-order valence-electron chi connectivity index (χ0n) is 14.7. The second-order valence-corrected chi connectivity index (χ2v) is 5.37. The van der Waals surface area contributed by atoms with E-state index in [1.807, 2.05) is 37.5 Å². The van der Waals surface area contributed by atoms with E-state index < -0.39 is 6.04 Å². The third-order valence-corrected chi connectivity index (χ3v) is 3.56. The fraction of sp³-hybridized carbons (Fsp3) is 0.412. The van der Waals surface area contributed by atoms with Crippen LogP contribution in [-0.4, -0.2) is 43.1 Å². The van der Waals surface area contributed by atoms with Gasteiger partial charge in [-0.2, -0.15) is 5.10 Å². The third-order valence-electron chi connectivity index (χ3n) is 3.56. The first-order valence-corrected chi connectivity index (χ1v) is 7.78. The van der Waals surface area contributed by atoms with Crippen molar-refractivity contribution in [1.29, 1.82) is 0 Å². The van der Waals surface area contributed by atoms with Gasteiger partial charge in [-0.15, -0.1) is 12.4 Å². The van der Waals surface area contributed by atoms with Crippen molar-refractivity contribution in [2.24, 2.45) is 7.05 Å². The molecule has 138 valence electrons. The second kappa shape index (κ2) is 10.7. The Bertz CT molecular complexity index is 646. The Balaban J connectivity index is 0.00000312. The SMILES string of the molecule is CNC(C(=O)NCc1ccc(OCCOC)cc1)c1cnn(C)c1.Cl. The second-order valence-electron chi connectivity index (χ2n) is 5.37. The summed E-state index contributed by atoms with van der Waals surface area (Å²) in [6.07, 6.45) is 3.51. The number of hydrogen-bond donors (Lipinski definition) is 2. The van der Waals surface area contributed by atoms with Gasteiger partial charge in [-0.3, -0.25) is 9.48 Å². The number of aromatic nitrogens is 2. The van der Waals surface area contributed by atoms with E-state index in [0.717, 1.165) is 16.9 Å². The molecule has 0 aliphatic carbocycles. The number of nitrogens with one attached hydrogen (secondary N) is 2. The van der Waals surface area contributed by atoms with E-state index in [1.54, 1.807) is 25.0 Å². The van der Waals surface area contributed by atoms with E-state index in [4.69, 9.17) is 9.47 Å². The molecule has 0 bridgehead atoms. The van der Waals surface area contributed by atoms with Gasteiger partial charge in [-0.05, 0) is 24.7 Å². The number of likely N-dealkylation sites (N-methyl/N-ethyl adjacent to an activating group) is 1. The lowest BCUT2D eigenvalue weighted by molar-refractivity contribution is -0.123. The van der Waals surface area contributed by atoms with E-state index in [9.17, 15) is 4.79 Å². The molecule has 25 heavy (non-hydrogen) atoms. The number of amides is 1. The van der Waals surface area contributed by atoms with Crippen molar-refractivity contribution in [3.8, 4) is 5.75 Å². The highest BCUT2D eigenvalue weighted by Crippen LogP contribution is 2.14. The highest BCUT2D eigenvalue weighted by molar-refractivity contribution is 5.85. The third kappa shape index (κ3) is 6.38. The quantitative estimate of drug-likeness (QED) is 0.655. The maximum absolute atomic E-state index is 12.3. The summed E-state index contributed by atoms with van der Waals surface area (Å²) in [5.74, 6) is 0.691. The molecule has 2 aromatic rings. The smallest absolute Gasteiger partial charge is 0.242 e. The number of rotatable bonds is 9. The Labute approximate surface area is 154 Å². The number of halogens is 1. The Kier molecular flexibility index (Phi) is 8.98. The summed E-state index contributed by atoms with van der Waals surface area (Å²) in [7, 11) is 5.22. The van der Waals surface area contributed by atoms with Crippen molar-refractivity contribution >= 4 is 18.3 Å². The summed E-state index contributed by atoms with van der Waals surface area (Å²) < 4.78 is 12.1. The average molecular weight is 369 g/mol. The molecule has 2 rings (SSSR count). The number of carbonyl (C=O) groups excluding carboxylic acids is 1. The Morgan fingerprint density at radius 1 is 1.28 bits per heavy atom. The summed E-state index contributed by atoms with van der Waals surface area (Å²) in [6.45, 7) is 1.52. The van der Waals surface area contributed by atoms with Crippen LogP contribution in [0, 0.1) is 0 Å². The monoisotopic (exact) mass is 368 g/mol. The lowest BCUT2D eigenvalue weighted by Gasteiger charge is -2.14. The van der Waals surface area contributed by atoms with Crippen molar-refractivity contribution in [3.05, 3.63) is 47.8 Å². The number of carbonyl (C=O) groups is 1. The number of methoxy groups -OCH3 is 1. The minimum absolute atomic E-state index is 0. The molecule has 1 unspecified atom stereocenters. The predicted octanol–water partition coefficient (Wildman–Crippen LogP) is 1.44. The molecule has 8 heteroatoms. The average Bonchev–Trinajstić information content (AvgIpc) is 3.01. The normalized spacial score (nSPS) is 11.5. The van der Waals surface area contributed by atoms with E-state index in [2.05, 4.69) is 15.7 Å². The molecule has 0 fully saturated rings. The molecule has 2 N–H and O–H groups in total. The highest BCUT2D eigenvalue weighted by atomic mass is 35.5. The maximum atomic E-state index is 12.3. The summed E-state index contributed by atoms with van der Waals surface area (Å²) in [6, 6.07) is 7.21. The number of benzene rings is 1. The maximum Gasteiger partial charge on any atom is 0.242 e. The van der Waals surface area contributed by atoms with Crippen LogP contribution in [0.4, 0.5) is 0 Å². The van der Waals surface area contributed by atoms with E-state index in [-0.39, 0.29) is 18.3 Å². The van der Waals surface area contributed by atoms with Crippen LogP contribution in [0.2, 0.25) is 0 Å². The molecule has 1 atom stereocenters. The fourth-order valence-corrected chi connectivity index (χ4v) is 2.28. The zero-order chi connectivity index (χ0) is 17.4. The molecule has 1 heterocycles. The van der Waals surface area contributed by atoms with Gasteiger partial charge in [0.05, 0.1) is 12.8 Å². The molecular weight excluding hydrogens is 344 g/mol. The van der Waals surface area contributed by atoms with Gasteiger partial charge in [0.1, 0.15) is 18.4 Å². The molecular formula is C17H25ClN4O3. The van der Waals surface area contributed by atoms with Gasteiger partial charge >= 0.3 is 0 Å². The van der Waals surface area contributed by atoms with Crippen LogP contribution in [0.25, 0.3) is 0 Å². The predicted molar refractivity (Wildman–Crippen MR) is 97.9 cm³/mol. The van der Waals surface area contributed by atoms with Gasteiger partial charge in [-0.25, -0.2) is 0 Å². The van der Waals surface area contributed by atoms with E-state index in [1.165, 1.54) is 0 Å². The number of nitrogens with zero attached hydrogens (tertiary/aromatic N) is 2. The molecule has 1 amide bonds. The number of aryl methyl sites for hydroxylation is 1.